The topological polar surface area (TPSA) is 275 Å². The Kier molecular flexibility index (Phi) is 21.6. The molecular formula is C80H82N16O8. The van der Waals surface area contributed by atoms with Crippen LogP contribution in [0.3, 0.4) is 0 Å². The Morgan fingerprint density at radius 1 is 0.288 bits per heavy atom. The van der Waals surface area contributed by atoms with E-state index in [-0.39, 0.29) is 23.6 Å². The predicted octanol–water partition coefficient (Wildman–Crippen LogP) is 12.8. The second-order valence-electron chi connectivity index (χ2n) is 26.6. The number of hydrogen-bond acceptors (Lipinski definition) is 18. The van der Waals surface area contributed by atoms with Gasteiger partial charge in [0.2, 0.25) is 0 Å². The maximum Gasteiger partial charge on any atom is 0.251 e. The summed E-state index contributed by atoms with van der Waals surface area (Å²) in [6.45, 7) is 5.63. The first-order valence-electron chi connectivity index (χ1n) is 34.6. The van der Waals surface area contributed by atoms with E-state index in [0.717, 1.165) is 51.9 Å². The van der Waals surface area contributed by atoms with Crippen molar-refractivity contribution in [3.63, 3.8) is 0 Å². The van der Waals surface area contributed by atoms with Gasteiger partial charge >= 0.3 is 0 Å². The highest BCUT2D eigenvalue weighted by Gasteiger charge is 2.25. The molecule has 0 fully saturated rings. The van der Waals surface area contributed by atoms with Gasteiger partial charge in [0, 0.05) is 92.2 Å². The standard InChI is InChI=1S/C80H82N16O8/c1-93(2)41-9-37-81-77(97)49-13-21-53(22-14-49)101-57-29-33-61-65(45-57)73-85-69(61)90-74-67-47-59(103-55-25-17-51(18-26-55)79(99)83-39-11-43-95(5)6)31-35-63(67)71(87-74)92-76-68-48-60(104-56-27-19-52(20-28-56)80(100)84-40-12-44-96(7)8)32-36-64(68)72(88-76)91-75-66-46-58(30-34-62(66)70(86-75)89-73)102-54-23-15-50(16-24-54)78(98)82-38-10-42-94(3)4/h13-36,45-48H,9-12,37-44H2,1-8H3,(H,81,97)(H,82,98)(H,83,99)(H,84,100)(H2,85,86,87,88,89,90,91,92). The molecule has 0 aliphatic carbocycles. The zero-order valence-electron chi connectivity index (χ0n) is 59.4. The summed E-state index contributed by atoms with van der Waals surface area (Å²) in [4.78, 5) is 99.5. The van der Waals surface area contributed by atoms with Gasteiger partial charge in [-0.1, -0.05) is 0 Å². The molecule has 0 unspecified atom stereocenters. The predicted molar refractivity (Wildman–Crippen MR) is 404 cm³/mol. The lowest BCUT2D eigenvalue weighted by atomic mass is 10.1. The van der Waals surface area contributed by atoms with Gasteiger partial charge in [0.1, 0.15) is 68.6 Å². The highest BCUT2D eigenvalue weighted by molar-refractivity contribution is 6.07. The van der Waals surface area contributed by atoms with Crippen molar-refractivity contribution < 1.29 is 38.1 Å². The lowest BCUT2D eigenvalue weighted by molar-refractivity contribution is 0.0944. The lowest BCUT2D eigenvalue weighted by Gasteiger charge is -2.10. The molecule has 0 saturated carbocycles. The van der Waals surface area contributed by atoms with Crippen LogP contribution < -0.4 is 40.2 Å². The Bertz CT molecular complexity index is 4830. The molecule has 530 valence electrons. The fraction of sp³-hybridized carbons (Fsp3) is 0.250. The monoisotopic (exact) mass is 1390 g/mol. The van der Waals surface area contributed by atoms with Crippen LogP contribution in [0.25, 0.3) is 89.7 Å². The molecule has 13 rings (SSSR count). The molecule has 11 aromatic rings. The van der Waals surface area contributed by atoms with Gasteiger partial charge in [0.05, 0.1) is 0 Å². The van der Waals surface area contributed by atoms with Gasteiger partial charge in [-0.25, -0.2) is 29.9 Å². The van der Waals surface area contributed by atoms with Gasteiger partial charge in [-0.2, -0.15) is 0 Å². The fourth-order valence-corrected chi connectivity index (χ4v) is 12.0. The summed E-state index contributed by atoms with van der Waals surface area (Å²) in [6.07, 6.45) is 3.29. The molecule has 4 amide bonds. The Hall–Kier alpha value is -12.0. The lowest BCUT2D eigenvalue weighted by Crippen LogP contribution is -2.27. The third-order valence-corrected chi connectivity index (χ3v) is 17.4. The molecule has 6 N–H and O–H groups in total. The van der Waals surface area contributed by atoms with E-state index in [2.05, 4.69) is 50.8 Å². The van der Waals surface area contributed by atoms with Crippen molar-refractivity contribution in [2.24, 2.45) is 0 Å². The van der Waals surface area contributed by atoms with Crippen molar-refractivity contribution in [3.05, 3.63) is 192 Å². The van der Waals surface area contributed by atoms with Gasteiger partial charge in [-0.15, -0.1) is 0 Å². The molecule has 2 aliphatic heterocycles. The van der Waals surface area contributed by atoms with Crippen molar-refractivity contribution in [2.75, 3.05) is 109 Å². The smallest absolute Gasteiger partial charge is 0.251 e. The molecule has 8 bridgehead atoms. The molecule has 0 atom stereocenters. The number of carbonyl (C=O) groups is 4. The number of carbonyl (C=O) groups excluding carboxylic acids is 4. The van der Waals surface area contributed by atoms with Crippen LogP contribution in [0.15, 0.2) is 170 Å². The Morgan fingerprint density at radius 2 is 0.529 bits per heavy atom. The fourth-order valence-electron chi connectivity index (χ4n) is 12.0. The third kappa shape index (κ3) is 17.1. The first kappa shape index (κ1) is 70.5. The number of amides is 4. The minimum Gasteiger partial charge on any atom is -0.457 e. The maximum atomic E-state index is 13.1. The SMILES string of the molecule is CN(C)CCCNC(=O)c1ccc(Oc2ccc3c(c2)-c2nc-3nc3[nH]c(nc4nc(nc5[nH]c(n2)c2ccc(Oc6ccc(C(=O)NCCCN(C)C)cc6)cc52)-c2ccc(Oc5ccc(C(=O)NCCCN(C)C)cc5)cc2-4)c2ccc(Oc4ccc(C(=O)NCCCN(C)C)cc4)cc32)cc1. The molecule has 104 heavy (non-hydrogen) atoms. The summed E-state index contributed by atoms with van der Waals surface area (Å²) < 4.78 is 26.1. The summed E-state index contributed by atoms with van der Waals surface area (Å²) in [5.74, 6) is 4.55. The summed E-state index contributed by atoms with van der Waals surface area (Å²) in [6, 6.07) is 50.4. The molecule has 5 heterocycles. The molecule has 0 saturated heterocycles. The van der Waals surface area contributed by atoms with E-state index < -0.39 is 0 Å². The van der Waals surface area contributed by atoms with E-state index in [0.29, 0.717) is 184 Å². The second kappa shape index (κ2) is 31.9. The van der Waals surface area contributed by atoms with Crippen molar-refractivity contribution in [1.29, 1.82) is 0 Å². The zero-order valence-corrected chi connectivity index (χ0v) is 59.4. The van der Waals surface area contributed by atoms with Crippen molar-refractivity contribution in [1.82, 2.24) is 80.7 Å². The van der Waals surface area contributed by atoms with Crippen LogP contribution in [0.4, 0.5) is 0 Å². The number of fused-ring (bicyclic) bond motifs is 20. The van der Waals surface area contributed by atoms with Gasteiger partial charge in [-0.05, 0) is 278 Å². The molecule has 8 aromatic carbocycles. The van der Waals surface area contributed by atoms with Crippen LogP contribution >= 0.6 is 0 Å². The van der Waals surface area contributed by atoms with Crippen LogP contribution in [0, 0.1) is 0 Å². The number of ether oxygens (including phenoxy) is 4. The normalized spacial score (nSPS) is 11.7. The quantitative estimate of drug-likeness (QED) is 0.0249. The average molecular weight is 1400 g/mol. The molecule has 0 radical (unpaired) electrons. The average Bonchev–Trinajstić information content (AvgIpc) is 1.60. The van der Waals surface area contributed by atoms with Crippen LogP contribution in [-0.2, 0) is 0 Å². The molecule has 24 heteroatoms. The summed E-state index contributed by atoms with van der Waals surface area (Å²) >= 11 is 0. The number of nitrogens with one attached hydrogen (secondary N) is 6. The number of hydrogen-bond donors (Lipinski definition) is 6. The van der Waals surface area contributed by atoms with Gasteiger partial charge in [0.25, 0.3) is 23.6 Å². The van der Waals surface area contributed by atoms with Crippen LogP contribution in [0.5, 0.6) is 46.0 Å². The number of aromatic nitrogens is 8. The minimum atomic E-state index is -0.171. The van der Waals surface area contributed by atoms with Crippen LogP contribution in [0.2, 0.25) is 0 Å². The van der Waals surface area contributed by atoms with Gasteiger partial charge in [0.15, 0.2) is 23.3 Å². The number of nitrogens with zero attached hydrogens (tertiary/aromatic N) is 10. The number of aromatic amines is 2. The highest BCUT2D eigenvalue weighted by atomic mass is 16.5. The van der Waals surface area contributed by atoms with E-state index in [1.165, 1.54) is 0 Å². The van der Waals surface area contributed by atoms with E-state index >= 15 is 0 Å². The van der Waals surface area contributed by atoms with Gasteiger partial charge < -0.3 is 69.8 Å². The highest BCUT2D eigenvalue weighted by Crippen LogP contribution is 2.42. The second-order valence-corrected chi connectivity index (χ2v) is 26.6. The molecular weight excluding hydrogens is 1310 g/mol. The Labute approximate surface area is 601 Å². The van der Waals surface area contributed by atoms with Crippen LogP contribution in [0.1, 0.15) is 67.1 Å². The molecule has 3 aromatic heterocycles. The molecule has 2 aliphatic rings. The summed E-state index contributed by atoms with van der Waals surface area (Å²) in [5.41, 5.74) is 6.18. The number of benzene rings is 8. The zero-order chi connectivity index (χ0) is 72.4. The minimum absolute atomic E-state index is 0.170. The first-order valence-corrected chi connectivity index (χ1v) is 34.6. The first-order chi connectivity index (χ1) is 50.4. The summed E-state index contributed by atoms with van der Waals surface area (Å²) in [5, 5.41) is 14.6. The third-order valence-electron chi connectivity index (χ3n) is 17.4. The van der Waals surface area contributed by atoms with Crippen molar-refractivity contribution in [2.45, 2.75) is 25.7 Å². The summed E-state index contributed by atoms with van der Waals surface area (Å²) in [7, 11) is 16.0. The molecule has 0 spiro atoms. The van der Waals surface area contributed by atoms with Crippen LogP contribution in [-0.4, -0.2) is 192 Å². The van der Waals surface area contributed by atoms with E-state index in [1.54, 1.807) is 97.1 Å². The van der Waals surface area contributed by atoms with Gasteiger partial charge in [-0.3, -0.25) is 19.2 Å². The van der Waals surface area contributed by atoms with Crippen molar-refractivity contribution in [3.8, 4) is 91.5 Å². The number of rotatable bonds is 28. The van der Waals surface area contributed by atoms with Crippen molar-refractivity contribution >= 4 is 67.8 Å². The van der Waals surface area contributed by atoms with E-state index in [1.807, 2.05) is 129 Å². The largest absolute Gasteiger partial charge is 0.457 e. The Morgan fingerprint density at radius 3 is 0.808 bits per heavy atom. The maximum absolute atomic E-state index is 13.1. The number of H-pyrrole nitrogens is 2. The van der Waals surface area contributed by atoms with E-state index in [9.17, 15) is 19.2 Å². The molecule has 24 nitrogen and oxygen atoms in total. The Balaban J connectivity index is 0.921. The van der Waals surface area contributed by atoms with E-state index in [4.69, 9.17) is 48.9 Å².